The Balaban J connectivity index is 1.32. The van der Waals surface area contributed by atoms with E-state index in [9.17, 15) is 0 Å². The molecule has 4 rings (SSSR count). The van der Waals surface area contributed by atoms with Crippen LogP contribution in [0.5, 0.6) is 11.5 Å². The lowest BCUT2D eigenvalue weighted by atomic mass is 10.2. The maximum absolute atomic E-state index is 5.93. The van der Waals surface area contributed by atoms with E-state index in [4.69, 9.17) is 9.47 Å². The highest BCUT2D eigenvalue weighted by Gasteiger charge is 2.12. The first-order valence-electron chi connectivity index (χ1n) is 10.1. The summed E-state index contributed by atoms with van der Waals surface area (Å²) in [4.78, 5) is 7.00. The maximum Gasteiger partial charge on any atom is 0.203 e. The number of aromatic nitrogens is 1. The summed E-state index contributed by atoms with van der Waals surface area (Å²) in [5, 5.41) is 7.08. The molecule has 30 heavy (non-hydrogen) atoms. The van der Waals surface area contributed by atoms with E-state index in [2.05, 4.69) is 20.4 Å². The summed E-state index contributed by atoms with van der Waals surface area (Å²) < 4.78 is 11.4. The molecule has 0 spiro atoms. The predicted octanol–water partition coefficient (Wildman–Crippen LogP) is 4.74. The van der Waals surface area contributed by atoms with Crippen molar-refractivity contribution in [1.82, 2.24) is 9.88 Å². The number of ether oxygens (including phenoxy) is 2. The van der Waals surface area contributed by atoms with Crippen LogP contribution in [0.4, 0.5) is 5.13 Å². The highest BCUT2D eigenvalue weighted by molar-refractivity contribution is 7.14. The molecule has 6 nitrogen and oxygen atoms in total. The molecule has 0 aliphatic carbocycles. The topological polar surface area (TPSA) is 59.0 Å². The molecule has 3 aromatic rings. The fourth-order valence-electron chi connectivity index (χ4n) is 3.40. The van der Waals surface area contributed by atoms with Gasteiger partial charge in [-0.2, -0.15) is 5.10 Å². The molecule has 1 aromatic heterocycles. The van der Waals surface area contributed by atoms with Crippen molar-refractivity contribution in [3.8, 4) is 22.8 Å². The largest absolute Gasteiger partial charge is 0.493 e. The molecule has 0 unspecified atom stereocenters. The molecule has 0 atom stereocenters. The van der Waals surface area contributed by atoms with Gasteiger partial charge < -0.3 is 9.47 Å². The molecule has 1 N–H and O–H groups in total. The minimum absolute atomic E-state index is 0.666. The van der Waals surface area contributed by atoms with Crippen molar-refractivity contribution in [2.24, 2.45) is 5.10 Å². The molecular weight excluding hydrogens is 396 g/mol. The predicted molar refractivity (Wildman–Crippen MR) is 123 cm³/mol. The number of rotatable bonds is 9. The lowest BCUT2D eigenvalue weighted by Gasteiger charge is -2.16. The number of benzene rings is 2. The van der Waals surface area contributed by atoms with Crippen LogP contribution in [-0.4, -0.2) is 49.4 Å². The Labute approximate surface area is 181 Å². The van der Waals surface area contributed by atoms with Gasteiger partial charge in [0.2, 0.25) is 5.13 Å². The SMILES string of the molecule is COc1cc(C=NNc2nc(-c3ccccc3)cs2)ccc1OCCN1CCCC1. The van der Waals surface area contributed by atoms with Crippen molar-refractivity contribution in [2.75, 3.05) is 38.8 Å². The summed E-state index contributed by atoms with van der Waals surface area (Å²) in [5.41, 5.74) is 5.96. The number of methoxy groups -OCH3 is 1. The van der Waals surface area contributed by atoms with E-state index < -0.39 is 0 Å². The minimum Gasteiger partial charge on any atom is -0.493 e. The van der Waals surface area contributed by atoms with E-state index in [1.807, 2.05) is 53.9 Å². The first kappa shape index (κ1) is 20.4. The van der Waals surface area contributed by atoms with Crippen LogP contribution >= 0.6 is 11.3 Å². The van der Waals surface area contributed by atoms with E-state index in [1.54, 1.807) is 13.3 Å². The quantitative estimate of drug-likeness (QED) is 0.399. The van der Waals surface area contributed by atoms with Gasteiger partial charge in [0.25, 0.3) is 0 Å². The number of likely N-dealkylation sites (tertiary alicyclic amines) is 1. The van der Waals surface area contributed by atoms with Gasteiger partial charge in [-0.15, -0.1) is 11.3 Å². The third kappa shape index (κ3) is 5.37. The molecule has 2 heterocycles. The van der Waals surface area contributed by atoms with Crippen LogP contribution in [0.2, 0.25) is 0 Å². The van der Waals surface area contributed by atoms with Crippen LogP contribution in [0.1, 0.15) is 18.4 Å². The normalized spacial score (nSPS) is 14.3. The van der Waals surface area contributed by atoms with Gasteiger partial charge in [-0.1, -0.05) is 30.3 Å². The Hall–Kier alpha value is -2.90. The summed E-state index contributed by atoms with van der Waals surface area (Å²) in [7, 11) is 1.66. The number of nitrogens with one attached hydrogen (secondary N) is 1. The Morgan fingerprint density at radius 3 is 2.77 bits per heavy atom. The first-order valence-corrected chi connectivity index (χ1v) is 11.0. The number of hydrazone groups is 1. The van der Waals surface area contributed by atoms with Gasteiger partial charge in [0.05, 0.1) is 19.0 Å². The molecular formula is C23H26N4O2S. The van der Waals surface area contributed by atoms with Gasteiger partial charge in [0.15, 0.2) is 11.5 Å². The molecule has 1 fully saturated rings. The van der Waals surface area contributed by atoms with Gasteiger partial charge in [-0.3, -0.25) is 10.3 Å². The number of nitrogens with zero attached hydrogens (tertiary/aromatic N) is 3. The third-order valence-corrected chi connectivity index (χ3v) is 5.75. The van der Waals surface area contributed by atoms with Crippen LogP contribution in [0.3, 0.4) is 0 Å². The molecule has 1 aliphatic rings. The van der Waals surface area contributed by atoms with Crippen molar-refractivity contribution >= 4 is 22.7 Å². The minimum atomic E-state index is 0.666. The second kappa shape index (κ2) is 10.2. The smallest absolute Gasteiger partial charge is 0.203 e. The first-order chi connectivity index (χ1) is 14.8. The monoisotopic (exact) mass is 422 g/mol. The lowest BCUT2D eigenvalue weighted by Crippen LogP contribution is -2.25. The summed E-state index contributed by atoms with van der Waals surface area (Å²) in [6.07, 6.45) is 4.33. The third-order valence-electron chi connectivity index (χ3n) is 5.00. The Kier molecular flexibility index (Phi) is 6.95. The highest BCUT2D eigenvalue weighted by atomic mass is 32.1. The zero-order valence-electron chi connectivity index (χ0n) is 17.1. The van der Waals surface area contributed by atoms with Gasteiger partial charge in [-0.25, -0.2) is 4.98 Å². The fourth-order valence-corrected chi connectivity index (χ4v) is 4.07. The van der Waals surface area contributed by atoms with E-state index >= 15 is 0 Å². The summed E-state index contributed by atoms with van der Waals surface area (Å²) >= 11 is 1.52. The average molecular weight is 423 g/mol. The van der Waals surface area contributed by atoms with Crippen molar-refractivity contribution in [1.29, 1.82) is 0 Å². The Bertz CT molecular complexity index is 968. The Morgan fingerprint density at radius 2 is 1.97 bits per heavy atom. The van der Waals surface area contributed by atoms with Gasteiger partial charge >= 0.3 is 0 Å². The van der Waals surface area contributed by atoms with Crippen molar-refractivity contribution in [3.05, 3.63) is 59.5 Å². The summed E-state index contributed by atoms with van der Waals surface area (Å²) in [6, 6.07) is 15.9. The number of hydrogen-bond donors (Lipinski definition) is 1. The average Bonchev–Trinajstić information content (AvgIpc) is 3.47. The van der Waals surface area contributed by atoms with Crippen LogP contribution in [0.15, 0.2) is 59.0 Å². The molecule has 0 radical (unpaired) electrons. The molecule has 1 aliphatic heterocycles. The van der Waals surface area contributed by atoms with Gasteiger partial charge in [0, 0.05) is 17.5 Å². The van der Waals surface area contributed by atoms with Gasteiger partial charge in [0.1, 0.15) is 6.61 Å². The van der Waals surface area contributed by atoms with Crippen LogP contribution < -0.4 is 14.9 Å². The zero-order chi connectivity index (χ0) is 20.6. The van der Waals surface area contributed by atoms with Crippen LogP contribution in [0, 0.1) is 0 Å². The molecule has 1 saturated heterocycles. The second-order valence-electron chi connectivity index (χ2n) is 7.08. The summed E-state index contributed by atoms with van der Waals surface area (Å²) in [5.74, 6) is 1.47. The molecule has 7 heteroatoms. The molecule has 156 valence electrons. The number of anilines is 1. The van der Waals surface area contributed by atoms with E-state index in [1.165, 1.54) is 37.3 Å². The summed E-state index contributed by atoms with van der Waals surface area (Å²) in [6.45, 7) is 3.97. The maximum atomic E-state index is 5.93. The van der Waals surface area contributed by atoms with Gasteiger partial charge in [-0.05, 0) is 49.7 Å². The standard InChI is InChI=1S/C23H26N4O2S/c1-28-22-15-18(9-10-21(22)29-14-13-27-11-5-6-12-27)16-24-26-23-25-20(17-30-23)19-7-3-2-4-8-19/h2-4,7-10,15-17H,5-6,11-14H2,1H3,(H,25,26). The lowest BCUT2D eigenvalue weighted by molar-refractivity contribution is 0.230. The van der Waals surface area contributed by atoms with Crippen LogP contribution in [0.25, 0.3) is 11.3 Å². The van der Waals surface area contributed by atoms with Crippen LogP contribution in [-0.2, 0) is 0 Å². The molecule has 2 aromatic carbocycles. The van der Waals surface area contributed by atoms with Crippen molar-refractivity contribution in [2.45, 2.75) is 12.8 Å². The number of thiazole rings is 1. The fraction of sp³-hybridized carbons (Fsp3) is 0.304. The molecule has 0 saturated carbocycles. The molecule has 0 amide bonds. The van der Waals surface area contributed by atoms with Crippen molar-refractivity contribution < 1.29 is 9.47 Å². The van der Waals surface area contributed by atoms with E-state index in [0.29, 0.717) is 12.4 Å². The number of hydrogen-bond acceptors (Lipinski definition) is 7. The second-order valence-corrected chi connectivity index (χ2v) is 7.94. The highest BCUT2D eigenvalue weighted by Crippen LogP contribution is 2.28. The molecule has 0 bridgehead atoms. The Morgan fingerprint density at radius 1 is 1.13 bits per heavy atom. The van der Waals surface area contributed by atoms with E-state index in [0.717, 1.165) is 34.2 Å². The zero-order valence-corrected chi connectivity index (χ0v) is 17.9. The van der Waals surface area contributed by atoms with Crippen molar-refractivity contribution in [3.63, 3.8) is 0 Å². The van der Waals surface area contributed by atoms with E-state index in [-0.39, 0.29) is 0 Å².